The normalized spacial score (nSPS) is 19.7. The first-order valence-corrected chi connectivity index (χ1v) is 16.5. The van der Waals surface area contributed by atoms with Gasteiger partial charge < -0.3 is 10.5 Å². The summed E-state index contributed by atoms with van der Waals surface area (Å²) in [5, 5.41) is 0. The smallest absolute Gasteiger partial charge is 0.308 e. The number of benzene rings is 2. The Bertz CT molecular complexity index is 1820. The van der Waals surface area contributed by atoms with Crippen LogP contribution < -0.4 is 5.73 Å². The van der Waals surface area contributed by atoms with Crippen LogP contribution in [0.5, 0.6) is 0 Å². The maximum Gasteiger partial charge on any atom is 0.308 e. The van der Waals surface area contributed by atoms with Gasteiger partial charge in [-0.15, -0.1) is 0 Å². The van der Waals surface area contributed by atoms with Crippen LogP contribution in [0.1, 0.15) is 51.0 Å². The van der Waals surface area contributed by atoms with Crippen molar-refractivity contribution < 1.29 is 9.53 Å². The molecule has 1 aliphatic heterocycles. The van der Waals surface area contributed by atoms with Gasteiger partial charge in [0.05, 0.1) is 24.3 Å². The first-order valence-electron chi connectivity index (χ1n) is 16.5. The van der Waals surface area contributed by atoms with E-state index in [0.29, 0.717) is 29.6 Å². The first kappa shape index (κ1) is 30.1. The first-order chi connectivity index (χ1) is 22.4. The van der Waals surface area contributed by atoms with E-state index in [1.54, 1.807) is 6.20 Å². The zero-order valence-corrected chi connectivity index (χ0v) is 26.8. The van der Waals surface area contributed by atoms with Crippen molar-refractivity contribution in [3.05, 3.63) is 90.6 Å². The van der Waals surface area contributed by atoms with Crippen molar-refractivity contribution in [3.8, 4) is 28.3 Å². The Kier molecular flexibility index (Phi) is 8.30. The van der Waals surface area contributed by atoms with E-state index in [-0.39, 0.29) is 11.9 Å². The number of hydrogen-bond acceptors (Lipinski definition) is 7. The van der Waals surface area contributed by atoms with Crippen molar-refractivity contribution in [2.24, 2.45) is 17.8 Å². The molecule has 0 radical (unpaired) electrons. The zero-order chi connectivity index (χ0) is 31.8. The van der Waals surface area contributed by atoms with Crippen LogP contribution in [0.4, 0.5) is 5.82 Å². The van der Waals surface area contributed by atoms with Gasteiger partial charge in [0.2, 0.25) is 0 Å². The molecule has 8 nitrogen and oxygen atoms in total. The number of carbonyl (C=O) groups is 1. The van der Waals surface area contributed by atoms with Crippen LogP contribution in [0.2, 0.25) is 0 Å². The summed E-state index contributed by atoms with van der Waals surface area (Å²) in [5.41, 5.74) is 13.0. The molecule has 1 saturated carbocycles. The zero-order valence-electron chi connectivity index (χ0n) is 26.8. The molecule has 236 valence electrons. The highest BCUT2D eigenvalue weighted by Crippen LogP contribution is 2.40. The molecule has 2 aliphatic rings. The van der Waals surface area contributed by atoms with Crippen molar-refractivity contribution in [3.63, 3.8) is 0 Å². The Morgan fingerprint density at radius 1 is 0.891 bits per heavy atom. The number of carbonyl (C=O) groups excluding carboxylic acids is 1. The number of pyridine rings is 2. The lowest BCUT2D eigenvalue weighted by Crippen LogP contribution is -2.55. The number of hydrogen-bond donors (Lipinski definition) is 1. The van der Waals surface area contributed by atoms with Gasteiger partial charge in [-0.3, -0.25) is 14.3 Å². The molecular weight excluding hydrogens is 572 g/mol. The number of likely N-dealkylation sites (tertiary alicyclic amines) is 1. The highest BCUT2D eigenvalue weighted by Gasteiger charge is 2.40. The Labute approximate surface area is 270 Å². The molecule has 5 aromatic rings. The minimum Gasteiger partial charge on any atom is -0.469 e. The highest BCUT2D eigenvalue weighted by molar-refractivity contribution is 5.84. The van der Waals surface area contributed by atoms with Crippen molar-refractivity contribution in [2.75, 3.05) is 25.9 Å². The van der Waals surface area contributed by atoms with Crippen LogP contribution in [0.25, 0.3) is 39.5 Å². The number of fused-ring (bicyclic) bond motifs is 1. The van der Waals surface area contributed by atoms with E-state index in [4.69, 9.17) is 20.4 Å². The third kappa shape index (κ3) is 5.66. The fourth-order valence-corrected chi connectivity index (χ4v) is 7.75. The van der Waals surface area contributed by atoms with E-state index in [9.17, 15) is 4.79 Å². The number of aromatic nitrogens is 4. The SMILES string of the molecule is COC(=O)C1CCC(C(C(C)C)N2CC(c3ccc(-n4c(-c5cccnc5N)nc5ccc(-c6ccccc6)nc54)cc3)C2)CC1. The number of esters is 1. The molecule has 2 aromatic carbocycles. The summed E-state index contributed by atoms with van der Waals surface area (Å²) in [6, 6.07) is 27.5. The topological polar surface area (TPSA) is 99.2 Å². The lowest BCUT2D eigenvalue weighted by Gasteiger charge is -2.50. The van der Waals surface area contributed by atoms with Gasteiger partial charge in [-0.2, -0.15) is 0 Å². The largest absolute Gasteiger partial charge is 0.469 e. The predicted octanol–water partition coefficient (Wildman–Crippen LogP) is 7.13. The summed E-state index contributed by atoms with van der Waals surface area (Å²) < 4.78 is 7.12. The van der Waals surface area contributed by atoms with E-state index in [1.165, 1.54) is 12.7 Å². The number of rotatable bonds is 8. The molecule has 0 amide bonds. The molecule has 2 fully saturated rings. The molecule has 0 spiro atoms. The van der Waals surface area contributed by atoms with E-state index in [0.717, 1.165) is 78.3 Å². The van der Waals surface area contributed by atoms with Gasteiger partial charge in [0.1, 0.15) is 11.3 Å². The number of nitrogen functional groups attached to an aromatic ring is 1. The standard InChI is InChI=1S/C38H42N6O2/c1-24(2)34(27-11-13-28(14-12-27)38(45)46-3)43-22-29(23-43)25-15-17-30(18-16-25)44-36(31-10-7-21-40-35(31)39)42-33-20-19-32(41-37(33)44)26-8-5-4-6-9-26/h4-10,15-21,24,27-29,34H,11-14,22-23H2,1-3H3,(H2,39,40). The molecule has 0 bridgehead atoms. The molecular formula is C38H42N6O2. The maximum atomic E-state index is 12.1. The minimum absolute atomic E-state index is 0.0425. The second-order valence-corrected chi connectivity index (χ2v) is 13.2. The molecule has 46 heavy (non-hydrogen) atoms. The van der Waals surface area contributed by atoms with Gasteiger partial charge in [0, 0.05) is 42.5 Å². The van der Waals surface area contributed by atoms with Gasteiger partial charge in [0.25, 0.3) is 0 Å². The summed E-state index contributed by atoms with van der Waals surface area (Å²) >= 11 is 0. The number of nitrogens with two attached hydrogens (primary N) is 1. The van der Waals surface area contributed by atoms with Crippen molar-refractivity contribution in [2.45, 2.75) is 51.5 Å². The second-order valence-electron chi connectivity index (χ2n) is 13.2. The van der Waals surface area contributed by atoms with Crippen LogP contribution in [0.15, 0.2) is 85.1 Å². The summed E-state index contributed by atoms with van der Waals surface area (Å²) in [5.74, 6) is 2.89. The van der Waals surface area contributed by atoms with Crippen molar-refractivity contribution in [1.29, 1.82) is 0 Å². The maximum absolute atomic E-state index is 12.1. The Morgan fingerprint density at radius 2 is 1.63 bits per heavy atom. The molecule has 1 aliphatic carbocycles. The summed E-state index contributed by atoms with van der Waals surface area (Å²) in [4.78, 5) is 29.2. The second kappa shape index (κ2) is 12.7. The monoisotopic (exact) mass is 614 g/mol. The molecule has 1 saturated heterocycles. The molecule has 7 rings (SSSR count). The number of anilines is 1. The highest BCUT2D eigenvalue weighted by atomic mass is 16.5. The summed E-state index contributed by atoms with van der Waals surface area (Å²) in [6.07, 6.45) is 5.78. The third-order valence-corrected chi connectivity index (χ3v) is 10.1. The number of ether oxygens (including phenoxy) is 1. The predicted molar refractivity (Wildman–Crippen MR) is 182 cm³/mol. The minimum atomic E-state index is -0.0425. The van der Waals surface area contributed by atoms with E-state index < -0.39 is 0 Å². The summed E-state index contributed by atoms with van der Waals surface area (Å²) in [6.45, 7) is 6.82. The molecule has 1 unspecified atom stereocenters. The fraction of sp³-hybridized carbons (Fsp3) is 0.368. The van der Waals surface area contributed by atoms with Gasteiger partial charge in [-0.05, 0) is 79.5 Å². The van der Waals surface area contributed by atoms with Crippen LogP contribution in [-0.4, -0.2) is 56.6 Å². The van der Waals surface area contributed by atoms with Gasteiger partial charge in [-0.25, -0.2) is 15.0 Å². The van der Waals surface area contributed by atoms with Gasteiger partial charge >= 0.3 is 5.97 Å². The van der Waals surface area contributed by atoms with Crippen LogP contribution >= 0.6 is 0 Å². The Morgan fingerprint density at radius 3 is 2.30 bits per heavy atom. The average Bonchev–Trinajstić information content (AvgIpc) is 3.45. The molecule has 4 heterocycles. The quantitative estimate of drug-likeness (QED) is 0.186. The van der Waals surface area contributed by atoms with E-state index in [2.05, 4.69) is 64.7 Å². The third-order valence-electron chi connectivity index (χ3n) is 10.1. The van der Waals surface area contributed by atoms with Gasteiger partial charge in [0.15, 0.2) is 11.5 Å². The molecule has 1 atom stereocenters. The molecule has 3 aromatic heterocycles. The molecule has 2 N–H and O–H groups in total. The lowest BCUT2D eigenvalue weighted by molar-refractivity contribution is -0.147. The van der Waals surface area contributed by atoms with Crippen molar-refractivity contribution >= 4 is 23.0 Å². The van der Waals surface area contributed by atoms with Crippen LogP contribution in [0, 0.1) is 17.8 Å². The number of methoxy groups -OCH3 is 1. The number of nitrogens with zero attached hydrogens (tertiary/aromatic N) is 5. The molecule has 8 heteroatoms. The lowest BCUT2D eigenvalue weighted by atomic mass is 9.73. The Balaban J connectivity index is 1.14. The van der Waals surface area contributed by atoms with E-state index in [1.807, 2.05) is 42.5 Å². The number of imidazole rings is 1. The summed E-state index contributed by atoms with van der Waals surface area (Å²) in [7, 11) is 1.50. The van der Waals surface area contributed by atoms with Gasteiger partial charge in [-0.1, -0.05) is 56.3 Å². The van der Waals surface area contributed by atoms with E-state index >= 15 is 0 Å². The fourth-order valence-electron chi connectivity index (χ4n) is 7.75. The van der Waals surface area contributed by atoms with Crippen LogP contribution in [0.3, 0.4) is 0 Å². The van der Waals surface area contributed by atoms with Crippen LogP contribution in [-0.2, 0) is 9.53 Å². The van der Waals surface area contributed by atoms with Crippen molar-refractivity contribution in [1.82, 2.24) is 24.4 Å². The Hall–Kier alpha value is -4.56. The average molecular weight is 615 g/mol.